The molecule has 3 rings (SSSR count). The van der Waals surface area contributed by atoms with Crippen molar-refractivity contribution in [2.45, 2.75) is 18.2 Å². The van der Waals surface area contributed by atoms with E-state index in [0.717, 1.165) is 17.0 Å². The van der Waals surface area contributed by atoms with Gasteiger partial charge in [0.2, 0.25) is 5.91 Å². The third-order valence-corrected chi connectivity index (χ3v) is 5.10. The van der Waals surface area contributed by atoms with Crippen LogP contribution in [0, 0.1) is 0 Å². The van der Waals surface area contributed by atoms with E-state index in [-0.39, 0.29) is 17.4 Å². The quantitative estimate of drug-likeness (QED) is 0.539. The summed E-state index contributed by atoms with van der Waals surface area (Å²) < 4.78 is 30.4. The Hall–Kier alpha value is -2.94. The smallest absolute Gasteiger partial charge is 0.387 e. The molecule has 0 aliphatic carbocycles. The standard InChI is InChI=1S/C20H20F2N4O2S/c1-26-18(15-5-3-2-4-6-15)24-25-20(26)29-13-17(27)23-12-11-14-7-9-16(10-8-14)28-19(21)22/h2-10,19H,11-13H2,1H3,(H,23,27). The Morgan fingerprint density at radius 2 is 1.86 bits per heavy atom. The van der Waals surface area contributed by atoms with Gasteiger partial charge in [-0.05, 0) is 24.1 Å². The largest absolute Gasteiger partial charge is 0.435 e. The minimum absolute atomic E-state index is 0.114. The molecule has 0 spiro atoms. The summed E-state index contributed by atoms with van der Waals surface area (Å²) in [5, 5.41) is 11.8. The SMILES string of the molecule is Cn1c(SCC(=O)NCCc2ccc(OC(F)F)cc2)nnc1-c1ccccc1. The van der Waals surface area contributed by atoms with Gasteiger partial charge in [0.25, 0.3) is 0 Å². The molecular weight excluding hydrogens is 398 g/mol. The number of thioether (sulfide) groups is 1. The minimum atomic E-state index is -2.84. The molecule has 0 radical (unpaired) electrons. The van der Waals surface area contributed by atoms with Crippen LogP contribution in [0.2, 0.25) is 0 Å². The van der Waals surface area contributed by atoms with Crippen LogP contribution in [0.1, 0.15) is 5.56 Å². The fourth-order valence-electron chi connectivity index (χ4n) is 2.64. The molecule has 0 aliphatic heterocycles. The van der Waals surface area contributed by atoms with Gasteiger partial charge in [0.05, 0.1) is 5.75 Å². The molecule has 152 valence electrons. The van der Waals surface area contributed by atoms with E-state index in [4.69, 9.17) is 0 Å². The first-order valence-electron chi connectivity index (χ1n) is 8.91. The molecular formula is C20H20F2N4O2S. The van der Waals surface area contributed by atoms with Gasteiger partial charge in [0.1, 0.15) is 5.75 Å². The van der Waals surface area contributed by atoms with Crippen LogP contribution in [0.15, 0.2) is 59.8 Å². The van der Waals surface area contributed by atoms with E-state index >= 15 is 0 Å². The van der Waals surface area contributed by atoms with Gasteiger partial charge in [0.15, 0.2) is 11.0 Å². The zero-order valence-corrected chi connectivity index (χ0v) is 16.5. The molecule has 9 heteroatoms. The van der Waals surface area contributed by atoms with Crippen molar-refractivity contribution in [1.82, 2.24) is 20.1 Å². The molecule has 0 saturated carbocycles. The van der Waals surface area contributed by atoms with Crippen LogP contribution in [0.3, 0.4) is 0 Å². The number of aromatic nitrogens is 3. The summed E-state index contributed by atoms with van der Waals surface area (Å²) in [7, 11) is 1.87. The number of nitrogens with zero attached hydrogens (tertiary/aromatic N) is 3. The second-order valence-electron chi connectivity index (χ2n) is 6.14. The number of amides is 1. The monoisotopic (exact) mass is 418 g/mol. The van der Waals surface area contributed by atoms with Gasteiger partial charge >= 0.3 is 6.61 Å². The van der Waals surface area contributed by atoms with Crippen LogP contribution in [-0.2, 0) is 18.3 Å². The van der Waals surface area contributed by atoms with Crippen LogP contribution in [0.5, 0.6) is 5.75 Å². The fourth-order valence-corrected chi connectivity index (χ4v) is 3.39. The van der Waals surface area contributed by atoms with E-state index in [1.54, 1.807) is 12.1 Å². The molecule has 0 fully saturated rings. The van der Waals surface area contributed by atoms with Crippen LogP contribution >= 0.6 is 11.8 Å². The molecule has 6 nitrogen and oxygen atoms in total. The summed E-state index contributed by atoms with van der Waals surface area (Å²) in [5.74, 6) is 0.967. The van der Waals surface area contributed by atoms with Crippen molar-refractivity contribution in [3.8, 4) is 17.1 Å². The minimum Gasteiger partial charge on any atom is -0.435 e. The number of carbonyl (C=O) groups excluding carboxylic acids is 1. The molecule has 0 unspecified atom stereocenters. The van der Waals surface area contributed by atoms with Crippen LogP contribution in [0.25, 0.3) is 11.4 Å². The topological polar surface area (TPSA) is 69.0 Å². The van der Waals surface area contributed by atoms with E-state index in [9.17, 15) is 13.6 Å². The molecule has 0 saturated heterocycles. The van der Waals surface area contributed by atoms with Crippen molar-refractivity contribution in [3.05, 3.63) is 60.2 Å². The van der Waals surface area contributed by atoms with Gasteiger partial charge in [-0.1, -0.05) is 54.2 Å². The van der Waals surface area contributed by atoms with E-state index in [1.807, 2.05) is 41.9 Å². The fraction of sp³-hybridized carbons (Fsp3) is 0.250. The zero-order chi connectivity index (χ0) is 20.6. The van der Waals surface area contributed by atoms with Crippen molar-refractivity contribution in [2.24, 2.45) is 7.05 Å². The average molecular weight is 418 g/mol. The van der Waals surface area contributed by atoms with Gasteiger partial charge in [0, 0.05) is 19.2 Å². The van der Waals surface area contributed by atoms with Crippen molar-refractivity contribution in [2.75, 3.05) is 12.3 Å². The number of nitrogens with one attached hydrogen (secondary N) is 1. The number of ether oxygens (including phenoxy) is 1. The summed E-state index contributed by atoms with van der Waals surface area (Å²) >= 11 is 1.31. The number of benzene rings is 2. The van der Waals surface area contributed by atoms with Gasteiger partial charge in [-0.15, -0.1) is 10.2 Å². The maximum Gasteiger partial charge on any atom is 0.387 e. The summed E-state index contributed by atoms with van der Waals surface area (Å²) in [6.07, 6.45) is 0.591. The Labute approximate surface area is 171 Å². The Bertz CT molecular complexity index is 933. The summed E-state index contributed by atoms with van der Waals surface area (Å²) in [4.78, 5) is 12.1. The van der Waals surface area contributed by atoms with E-state index < -0.39 is 6.61 Å². The predicted octanol–water partition coefficient (Wildman–Crippen LogP) is 3.53. The molecule has 1 heterocycles. The van der Waals surface area contributed by atoms with E-state index in [1.165, 1.54) is 23.9 Å². The Kier molecular flexibility index (Phi) is 7.18. The lowest BCUT2D eigenvalue weighted by molar-refractivity contribution is -0.118. The lowest BCUT2D eigenvalue weighted by Crippen LogP contribution is -2.27. The van der Waals surface area contributed by atoms with Gasteiger partial charge < -0.3 is 14.6 Å². The zero-order valence-electron chi connectivity index (χ0n) is 15.7. The van der Waals surface area contributed by atoms with Crippen molar-refractivity contribution in [1.29, 1.82) is 0 Å². The third kappa shape index (κ3) is 6.02. The van der Waals surface area contributed by atoms with Gasteiger partial charge in [-0.3, -0.25) is 4.79 Å². The maximum absolute atomic E-state index is 12.1. The first kappa shape index (κ1) is 20.8. The van der Waals surface area contributed by atoms with Crippen LogP contribution in [0.4, 0.5) is 8.78 Å². The lowest BCUT2D eigenvalue weighted by atomic mass is 10.1. The van der Waals surface area contributed by atoms with Crippen molar-refractivity contribution >= 4 is 17.7 Å². The first-order valence-corrected chi connectivity index (χ1v) is 9.89. The Balaban J connectivity index is 1.43. The number of rotatable bonds is 9. The average Bonchev–Trinajstić information content (AvgIpc) is 3.08. The van der Waals surface area contributed by atoms with Crippen molar-refractivity contribution in [3.63, 3.8) is 0 Å². The van der Waals surface area contributed by atoms with Gasteiger partial charge in [-0.2, -0.15) is 8.78 Å². The summed E-state index contributed by atoms with van der Waals surface area (Å²) in [5.41, 5.74) is 1.88. The lowest BCUT2D eigenvalue weighted by Gasteiger charge is -2.07. The van der Waals surface area contributed by atoms with Crippen LogP contribution < -0.4 is 10.1 Å². The highest BCUT2D eigenvalue weighted by molar-refractivity contribution is 7.99. The molecule has 0 bridgehead atoms. The highest BCUT2D eigenvalue weighted by atomic mass is 32.2. The number of hydrogen-bond donors (Lipinski definition) is 1. The summed E-state index contributed by atoms with van der Waals surface area (Å²) in [6.45, 7) is -2.39. The van der Waals surface area contributed by atoms with E-state index in [2.05, 4.69) is 20.3 Å². The Morgan fingerprint density at radius 1 is 1.14 bits per heavy atom. The predicted molar refractivity (Wildman–Crippen MR) is 107 cm³/mol. The van der Waals surface area contributed by atoms with Gasteiger partial charge in [-0.25, -0.2) is 0 Å². The molecule has 29 heavy (non-hydrogen) atoms. The molecule has 2 aromatic carbocycles. The molecule has 1 aromatic heterocycles. The number of hydrogen-bond acceptors (Lipinski definition) is 5. The number of halogens is 2. The second-order valence-corrected chi connectivity index (χ2v) is 7.08. The maximum atomic E-state index is 12.1. The molecule has 3 aromatic rings. The Morgan fingerprint density at radius 3 is 2.55 bits per heavy atom. The molecule has 1 amide bonds. The van der Waals surface area contributed by atoms with Crippen LogP contribution in [-0.4, -0.2) is 39.6 Å². The highest BCUT2D eigenvalue weighted by Gasteiger charge is 2.12. The normalized spacial score (nSPS) is 10.9. The highest BCUT2D eigenvalue weighted by Crippen LogP contribution is 2.22. The second kappa shape index (κ2) is 10.0. The third-order valence-electron chi connectivity index (χ3n) is 4.08. The molecule has 0 aliphatic rings. The first-order chi connectivity index (χ1) is 14.0. The van der Waals surface area contributed by atoms with Crippen molar-refractivity contribution < 1.29 is 18.3 Å². The molecule has 0 atom stereocenters. The molecule has 1 N–H and O–H groups in total. The summed E-state index contributed by atoms with van der Waals surface area (Å²) in [6, 6.07) is 16.1. The number of carbonyl (C=O) groups is 1. The number of alkyl halides is 2. The van der Waals surface area contributed by atoms with E-state index in [0.29, 0.717) is 18.1 Å².